The first kappa shape index (κ1) is 10.4. The summed E-state index contributed by atoms with van der Waals surface area (Å²) >= 11 is 0. The van der Waals surface area contributed by atoms with Gasteiger partial charge in [0.05, 0.1) is 6.04 Å². The summed E-state index contributed by atoms with van der Waals surface area (Å²) < 4.78 is 0. The fourth-order valence-electron chi connectivity index (χ4n) is 1.99. The van der Waals surface area contributed by atoms with Crippen molar-refractivity contribution >= 4 is 6.08 Å². The summed E-state index contributed by atoms with van der Waals surface area (Å²) in [4.78, 5) is 16.3. The Morgan fingerprint density at radius 3 is 2.92 bits per heavy atom. The van der Waals surface area contributed by atoms with E-state index in [1.807, 2.05) is 0 Å². The van der Waals surface area contributed by atoms with E-state index in [1.165, 1.54) is 12.8 Å². The zero-order chi connectivity index (χ0) is 9.68. The second-order valence-electron chi connectivity index (χ2n) is 3.77. The predicted octanol–water partition coefficient (Wildman–Crippen LogP) is 1.59. The average molecular weight is 182 g/mol. The maximum absolute atomic E-state index is 10.1. The van der Waals surface area contributed by atoms with Gasteiger partial charge in [-0.15, -0.1) is 0 Å². The summed E-state index contributed by atoms with van der Waals surface area (Å²) in [5.74, 6) is 0. The van der Waals surface area contributed by atoms with Crippen molar-refractivity contribution in [2.45, 2.75) is 44.7 Å². The summed E-state index contributed by atoms with van der Waals surface area (Å²) in [6.45, 7) is 3.23. The summed E-state index contributed by atoms with van der Waals surface area (Å²) in [5.41, 5.74) is 0. The maximum atomic E-state index is 10.1. The highest BCUT2D eigenvalue weighted by Crippen LogP contribution is 2.23. The Bertz CT molecular complexity index is 199. The highest BCUT2D eigenvalue weighted by atomic mass is 16.1. The van der Waals surface area contributed by atoms with E-state index in [-0.39, 0.29) is 6.04 Å². The third-order valence-electron chi connectivity index (χ3n) is 2.98. The Hall–Kier alpha value is -0.660. The van der Waals surface area contributed by atoms with Crippen molar-refractivity contribution in [1.82, 2.24) is 4.90 Å². The first-order chi connectivity index (χ1) is 6.27. The molecule has 0 aromatic rings. The average Bonchev–Trinajstić information content (AvgIpc) is 2.18. The smallest absolute Gasteiger partial charge is 0.235 e. The second-order valence-corrected chi connectivity index (χ2v) is 3.77. The molecule has 0 N–H and O–H groups in total. The molecule has 0 bridgehead atoms. The molecule has 0 radical (unpaired) electrons. The van der Waals surface area contributed by atoms with Crippen molar-refractivity contribution < 1.29 is 4.79 Å². The number of aliphatic imine (C=N–C) groups is 1. The molecule has 13 heavy (non-hydrogen) atoms. The fraction of sp³-hybridized carbons (Fsp3) is 0.900. The minimum absolute atomic E-state index is 0.227. The monoisotopic (exact) mass is 182 g/mol. The highest BCUT2D eigenvalue weighted by molar-refractivity contribution is 5.33. The standard InChI is InChI=1S/C10H18N2O/c1-3-12(2)10-6-4-5-9(7-10)11-8-13/h9-10H,3-7H2,1-2H3. The van der Waals surface area contributed by atoms with Crippen LogP contribution in [0.3, 0.4) is 0 Å². The van der Waals surface area contributed by atoms with Gasteiger partial charge in [0, 0.05) is 6.04 Å². The van der Waals surface area contributed by atoms with Crippen LogP contribution in [0.4, 0.5) is 0 Å². The van der Waals surface area contributed by atoms with Crippen LogP contribution in [0.15, 0.2) is 4.99 Å². The van der Waals surface area contributed by atoms with E-state index in [4.69, 9.17) is 0 Å². The van der Waals surface area contributed by atoms with Crippen LogP contribution in [0.2, 0.25) is 0 Å². The Morgan fingerprint density at radius 1 is 1.54 bits per heavy atom. The molecule has 3 nitrogen and oxygen atoms in total. The third kappa shape index (κ3) is 2.94. The molecule has 1 aliphatic rings. The first-order valence-electron chi connectivity index (χ1n) is 5.05. The number of nitrogens with zero attached hydrogens (tertiary/aromatic N) is 2. The largest absolute Gasteiger partial charge is 0.304 e. The molecule has 0 amide bonds. The predicted molar refractivity (Wildman–Crippen MR) is 52.5 cm³/mol. The summed E-state index contributed by atoms with van der Waals surface area (Å²) in [6, 6.07) is 0.839. The molecule has 2 unspecified atom stereocenters. The quantitative estimate of drug-likeness (QED) is 0.490. The molecule has 1 saturated carbocycles. The van der Waals surface area contributed by atoms with Crippen molar-refractivity contribution in [3.63, 3.8) is 0 Å². The van der Waals surface area contributed by atoms with Crippen molar-refractivity contribution in [2.75, 3.05) is 13.6 Å². The molecule has 0 aliphatic heterocycles. The summed E-state index contributed by atoms with van der Waals surface area (Å²) in [7, 11) is 2.14. The lowest BCUT2D eigenvalue weighted by molar-refractivity contribution is 0.188. The van der Waals surface area contributed by atoms with Gasteiger partial charge in [0.15, 0.2) is 0 Å². The number of hydrogen-bond donors (Lipinski definition) is 0. The molecule has 1 aliphatic carbocycles. The van der Waals surface area contributed by atoms with Gasteiger partial charge in [0.1, 0.15) is 0 Å². The van der Waals surface area contributed by atoms with Crippen LogP contribution >= 0.6 is 0 Å². The van der Waals surface area contributed by atoms with Gasteiger partial charge >= 0.3 is 0 Å². The van der Waals surface area contributed by atoms with Gasteiger partial charge in [-0.1, -0.05) is 6.92 Å². The minimum atomic E-state index is 0.227. The first-order valence-corrected chi connectivity index (χ1v) is 5.05. The van der Waals surface area contributed by atoms with Gasteiger partial charge in [-0.05, 0) is 39.3 Å². The molecule has 0 heterocycles. The van der Waals surface area contributed by atoms with Gasteiger partial charge < -0.3 is 4.90 Å². The zero-order valence-corrected chi connectivity index (χ0v) is 8.49. The molecule has 0 saturated heterocycles. The van der Waals surface area contributed by atoms with Gasteiger partial charge in [-0.25, -0.2) is 9.79 Å². The normalized spacial score (nSPS) is 28.5. The van der Waals surface area contributed by atoms with Crippen LogP contribution in [-0.4, -0.2) is 36.7 Å². The SMILES string of the molecule is CCN(C)C1CCCC(N=C=O)C1. The van der Waals surface area contributed by atoms with Crippen LogP contribution in [0, 0.1) is 0 Å². The Labute approximate surface area is 79.8 Å². The van der Waals surface area contributed by atoms with Crippen molar-refractivity contribution in [3.8, 4) is 0 Å². The van der Waals surface area contributed by atoms with Gasteiger partial charge in [0.25, 0.3) is 0 Å². The van der Waals surface area contributed by atoms with Gasteiger partial charge in [0.2, 0.25) is 6.08 Å². The lowest BCUT2D eigenvalue weighted by Crippen LogP contribution is -2.36. The second kappa shape index (κ2) is 5.15. The van der Waals surface area contributed by atoms with E-state index >= 15 is 0 Å². The van der Waals surface area contributed by atoms with Crippen LogP contribution in [0.5, 0.6) is 0 Å². The van der Waals surface area contributed by atoms with Gasteiger partial charge in [-0.3, -0.25) is 0 Å². The van der Waals surface area contributed by atoms with Crippen LogP contribution in [0.25, 0.3) is 0 Å². The molecular formula is C10H18N2O. The van der Waals surface area contributed by atoms with Gasteiger partial charge in [-0.2, -0.15) is 0 Å². The van der Waals surface area contributed by atoms with Crippen LogP contribution < -0.4 is 0 Å². The van der Waals surface area contributed by atoms with Crippen molar-refractivity contribution in [3.05, 3.63) is 0 Å². The number of isocyanates is 1. The zero-order valence-electron chi connectivity index (χ0n) is 8.49. The molecule has 0 aromatic carbocycles. The molecule has 74 valence electrons. The molecule has 0 aromatic heterocycles. The van der Waals surface area contributed by atoms with Crippen LogP contribution in [-0.2, 0) is 4.79 Å². The van der Waals surface area contributed by atoms with Crippen molar-refractivity contribution in [1.29, 1.82) is 0 Å². The topological polar surface area (TPSA) is 32.7 Å². The number of carbonyl (C=O) groups excluding carboxylic acids is 1. The fourth-order valence-corrected chi connectivity index (χ4v) is 1.99. The molecular weight excluding hydrogens is 164 g/mol. The third-order valence-corrected chi connectivity index (χ3v) is 2.98. The van der Waals surface area contributed by atoms with E-state index in [9.17, 15) is 4.79 Å². The van der Waals surface area contributed by atoms with E-state index in [1.54, 1.807) is 6.08 Å². The lowest BCUT2D eigenvalue weighted by Gasteiger charge is -2.32. The number of rotatable bonds is 3. The Balaban J connectivity index is 2.45. The Kier molecular flexibility index (Phi) is 4.13. The number of hydrogen-bond acceptors (Lipinski definition) is 3. The van der Waals surface area contributed by atoms with Crippen molar-refractivity contribution in [2.24, 2.45) is 4.99 Å². The van der Waals surface area contributed by atoms with E-state index in [0.717, 1.165) is 19.4 Å². The molecule has 0 spiro atoms. The molecule has 1 fully saturated rings. The maximum Gasteiger partial charge on any atom is 0.235 e. The van der Waals surface area contributed by atoms with E-state index in [0.29, 0.717) is 6.04 Å². The Morgan fingerprint density at radius 2 is 2.31 bits per heavy atom. The summed E-state index contributed by atoms with van der Waals surface area (Å²) in [5, 5.41) is 0. The molecule has 2 atom stereocenters. The van der Waals surface area contributed by atoms with E-state index in [2.05, 4.69) is 23.9 Å². The van der Waals surface area contributed by atoms with E-state index < -0.39 is 0 Å². The minimum Gasteiger partial charge on any atom is -0.304 e. The summed E-state index contributed by atoms with van der Waals surface area (Å²) in [6.07, 6.45) is 6.19. The highest BCUT2D eigenvalue weighted by Gasteiger charge is 2.23. The molecule has 1 rings (SSSR count). The lowest BCUT2D eigenvalue weighted by atomic mass is 9.90. The molecule has 3 heteroatoms. The van der Waals surface area contributed by atoms with Crippen LogP contribution in [0.1, 0.15) is 32.6 Å².